The molecule has 1 atom stereocenters. The van der Waals surface area contributed by atoms with Gasteiger partial charge in [-0.05, 0) is 36.1 Å². The van der Waals surface area contributed by atoms with E-state index >= 15 is 0 Å². The third kappa shape index (κ3) is 1.64. The molecule has 3 nitrogen and oxygen atoms in total. The summed E-state index contributed by atoms with van der Waals surface area (Å²) in [6.07, 6.45) is 1.93. The first-order chi connectivity index (χ1) is 7.19. The maximum atomic E-state index is 5.74. The predicted molar refractivity (Wildman–Crippen MR) is 61.7 cm³/mol. The summed E-state index contributed by atoms with van der Waals surface area (Å²) in [5.74, 6) is 0. The number of hydrogen-bond donors (Lipinski definition) is 2. The smallest absolute Gasteiger partial charge is 0.102 e. The summed E-state index contributed by atoms with van der Waals surface area (Å²) in [6, 6.07) is 8.26. The zero-order chi connectivity index (χ0) is 10.9. The van der Waals surface area contributed by atoms with E-state index in [9.17, 15) is 0 Å². The molecule has 0 spiro atoms. The quantitative estimate of drug-likeness (QED) is 0.803. The lowest BCUT2D eigenvalue weighted by Gasteiger charge is -2.26. The van der Waals surface area contributed by atoms with Crippen LogP contribution < -0.4 is 5.73 Å². The minimum atomic E-state index is -0.397. The summed E-state index contributed by atoms with van der Waals surface area (Å²) >= 11 is 0. The average Bonchev–Trinajstić information content (AvgIpc) is 2.74. The molecule has 3 N–H and O–H groups in total. The number of nitrogens with two attached hydrogens (primary N) is 1. The third-order valence-corrected chi connectivity index (χ3v) is 3.00. The van der Waals surface area contributed by atoms with Gasteiger partial charge in [0.05, 0.1) is 0 Å². The zero-order valence-electron chi connectivity index (χ0n) is 9.08. The lowest BCUT2D eigenvalue weighted by atomic mass is 9.95. The van der Waals surface area contributed by atoms with Crippen molar-refractivity contribution in [2.45, 2.75) is 12.5 Å². The Morgan fingerprint density at radius 2 is 2.20 bits per heavy atom. The fraction of sp³-hybridized carbons (Fsp3) is 0.333. The summed E-state index contributed by atoms with van der Waals surface area (Å²) in [5, 5.41) is 1.18. The van der Waals surface area contributed by atoms with Crippen molar-refractivity contribution in [3.63, 3.8) is 0 Å². The van der Waals surface area contributed by atoms with E-state index in [2.05, 4.69) is 23.2 Å². The minimum absolute atomic E-state index is 0.397. The number of hydrogen-bond acceptors (Lipinski definition) is 2. The molecule has 0 aliphatic heterocycles. The molecule has 2 rings (SSSR count). The number of aromatic nitrogens is 1. The van der Waals surface area contributed by atoms with Crippen LogP contribution in [-0.4, -0.2) is 18.6 Å². The summed E-state index contributed by atoms with van der Waals surface area (Å²) in [5.41, 5.74) is 7.58. The molecule has 0 saturated carbocycles. The van der Waals surface area contributed by atoms with Gasteiger partial charge in [-0.2, -0.15) is 0 Å². The fourth-order valence-corrected chi connectivity index (χ4v) is 1.70. The van der Waals surface area contributed by atoms with Crippen LogP contribution in [0.2, 0.25) is 0 Å². The van der Waals surface area contributed by atoms with E-state index in [1.165, 1.54) is 5.39 Å². The molecule has 0 radical (unpaired) electrons. The van der Waals surface area contributed by atoms with E-state index in [-0.39, 0.29) is 0 Å². The van der Waals surface area contributed by atoms with Crippen molar-refractivity contribution in [3.8, 4) is 0 Å². The molecular formula is C12H16N2O. The van der Waals surface area contributed by atoms with Crippen LogP contribution in [0.25, 0.3) is 10.9 Å². The van der Waals surface area contributed by atoms with Crippen LogP contribution in [0.5, 0.6) is 0 Å². The Balaban J connectivity index is 2.51. The van der Waals surface area contributed by atoms with Crippen LogP contribution in [0.15, 0.2) is 30.5 Å². The number of H-pyrrole nitrogens is 1. The Labute approximate surface area is 89.2 Å². The first kappa shape index (κ1) is 10.2. The average molecular weight is 204 g/mol. The number of benzene rings is 1. The number of methoxy groups -OCH3 is 1. The first-order valence-electron chi connectivity index (χ1n) is 5.02. The van der Waals surface area contributed by atoms with Gasteiger partial charge in [0, 0.05) is 25.4 Å². The van der Waals surface area contributed by atoms with E-state index in [1.54, 1.807) is 7.11 Å². The standard InChI is InChI=1S/C12H16N2O/c1-12(8-13,15-2)10-3-4-11-9(7-10)5-6-14-11/h3-7,14H,8,13H2,1-2H3. The van der Waals surface area contributed by atoms with Crippen LogP contribution in [0.3, 0.4) is 0 Å². The van der Waals surface area contributed by atoms with Gasteiger partial charge in [-0.25, -0.2) is 0 Å². The summed E-state index contributed by atoms with van der Waals surface area (Å²) in [6.45, 7) is 2.47. The molecule has 0 fully saturated rings. The van der Waals surface area contributed by atoms with Gasteiger partial charge in [-0.15, -0.1) is 0 Å². The lowest BCUT2D eigenvalue weighted by Crippen LogP contribution is -2.33. The second kappa shape index (κ2) is 3.68. The van der Waals surface area contributed by atoms with Crippen molar-refractivity contribution >= 4 is 10.9 Å². The molecule has 0 aliphatic rings. The molecule has 1 aromatic heterocycles. The normalized spacial score (nSPS) is 15.4. The molecule has 0 bridgehead atoms. The Kier molecular flexibility index (Phi) is 2.50. The first-order valence-corrected chi connectivity index (χ1v) is 5.02. The van der Waals surface area contributed by atoms with E-state index in [1.807, 2.05) is 19.2 Å². The topological polar surface area (TPSA) is 51.0 Å². The Morgan fingerprint density at radius 3 is 2.87 bits per heavy atom. The van der Waals surface area contributed by atoms with Gasteiger partial charge >= 0.3 is 0 Å². The van der Waals surface area contributed by atoms with Crippen LogP contribution >= 0.6 is 0 Å². The molecule has 0 aliphatic carbocycles. The van der Waals surface area contributed by atoms with Gasteiger partial charge in [0.25, 0.3) is 0 Å². The van der Waals surface area contributed by atoms with Gasteiger partial charge < -0.3 is 15.5 Å². The third-order valence-electron chi connectivity index (χ3n) is 3.00. The number of nitrogens with one attached hydrogen (secondary N) is 1. The van der Waals surface area contributed by atoms with Crippen LogP contribution in [0, 0.1) is 0 Å². The number of ether oxygens (including phenoxy) is 1. The van der Waals surface area contributed by atoms with Crippen LogP contribution in [0.4, 0.5) is 0 Å². The Bertz CT molecular complexity index is 457. The second-order valence-electron chi connectivity index (χ2n) is 3.92. The number of rotatable bonds is 3. The number of aromatic amines is 1. The highest BCUT2D eigenvalue weighted by atomic mass is 16.5. The van der Waals surface area contributed by atoms with Crippen molar-refractivity contribution in [2.75, 3.05) is 13.7 Å². The van der Waals surface area contributed by atoms with E-state index in [0.717, 1.165) is 11.1 Å². The van der Waals surface area contributed by atoms with Crippen molar-refractivity contribution in [1.82, 2.24) is 4.98 Å². The zero-order valence-corrected chi connectivity index (χ0v) is 9.08. The molecule has 80 valence electrons. The maximum Gasteiger partial charge on any atom is 0.102 e. The van der Waals surface area contributed by atoms with E-state index in [0.29, 0.717) is 6.54 Å². The lowest BCUT2D eigenvalue weighted by molar-refractivity contribution is 0.0102. The second-order valence-corrected chi connectivity index (χ2v) is 3.92. The van der Waals surface area contributed by atoms with Crippen molar-refractivity contribution in [3.05, 3.63) is 36.0 Å². The van der Waals surface area contributed by atoms with E-state index in [4.69, 9.17) is 10.5 Å². The molecule has 3 heteroatoms. The van der Waals surface area contributed by atoms with Crippen molar-refractivity contribution in [2.24, 2.45) is 5.73 Å². The molecule has 1 aromatic carbocycles. The summed E-state index contributed by atoms with van der Waals surface area (Å²) in [7, 11) is 1.69. The molecule has 0 amide bonds. The highest BCUT2D eigenvalue weighted by molar-refractivity contribution is 5.80. The molecule has 2 aromatic rings. The van der Waals surface area contributed by atoms with Gasteiger partial charge in [0.15, 0.2) is 0 Å². The maximum absolute atomic E-state index is 5.74. The van der Waals surface area contributed by atoms with Gasteiger partial charge in [-0.1, -0.05) is 6.07 Å². The summed E-state index contributed by atoms with van der Waals surface area (Å²) < 4.78 is 5.46. The monoisotopic (exact) mass is 204 g/mol. The minimum Gasteiger partial charge on any atom is -0.372 e. The van der Waals surface area contributed by atoms with Crippen molar-refractivity contribution in [1.29, 1.82) is 0 Å². The fourth-order valence-electron chi connectivity index (χ4n) is 1.70. The molecule has 15 heavy (non-hydrogen) atoms. The predicted octanol–water partition coefficient (Wildman–Crippen LogP) is 1.99. The summed E-state index contributed by atoms with van der Waals surface area (Å²) in [4.78, 5) is 3.16. The SMILES string of the molecule is COC(C)(CN)c1ccc2[nH]ccc2c1. The van der Waals surface area contributed by atoms with Crippen LogP contribution in [0.1, 0.15) is 12.5 Å². The van der Waals surface area contributed by atoms with Gasteiger partial charge in [0.2, 0.25) is 0 Å². The Morgan fingerprint density at radius 1 is 1.40 bits per heavy atom. The molecule has 1 unspecified atom stereocenters. The van der Waals surface area contributed by atoms with Gasteiger partial charge in [-0.3, -0.25) is 0 Å². The Hall–Kier alpha value is -1.32. The highest BCUT2D eigenvalue weighted by Gasteiger charge is 2.24. The van der Waals surface area contributed by atoms with Crippen LogP contribution in [-0.2, 0) is 10.3 Å². The van der Waals surface area contributed by atoms with Gasteiger partial charge in [0.1, 0.15) is 5.60 Å². The largest absolute Gasteiger partial charge is 0.372 e. The molecule has 0 saturated heterocycles. The number of fused-ring (bicyclic) bond motifs is 1. The molecule has 1 heterocycles. The molecular weight excluding hydrogens is 188 g/mol. The van der Waals surface area contributed by atoms with E-state index < -0.39 is 5.60 Å². The van der Waals surface area contributed by atoms with Crippen molar-refractivity contribution < 1.29 is 4.74 Å². The highest BCUT2D eigenvalue weighted by Crippen LogP contribution is 2.26.